The molecular formula is C21H21ClN2O2. The second-order valence-corrected chi connectivity index (χ2v) is 7.66. The summed E-state index contributed by atoms with van der Waals surface area (Å²) in [6.07, 6.45) is 4.83. The first kappa shape index (κ1) is 17.1. The number of nitrogens with one attached hydrogen (secondary N) is 2. The Morgan fingerprint density at radius 3 is 2.15 bits per heavy atom. The zero-order chi connectivity index (χ0) is 18.1. The van der Waals surface area contributed by atoms with Crippen LogP contribution in [0.5, 0.6) is 0 Å². The number of rotatable bonds is 5. The molecule has 2 amide bonds. The Hall–Kier alpha value is -2.33. The van der Waals surface area contributed by atoms with Crippen molar-refractivity contribution in [2.75, 3.05) is 5.32 Å². The summed E-state index contributed by atoms with van der Waals surface area (Å²) < 4.78 is 0. The maximum Gasteiger partial charge on any atom is 0.251 e. The molecule has 26 heavy (non-hydrogen) atoms. The summed E-state index contributed by atoms with van der Waals surface area (Å²) in [4.78, 5) is 25.0. The van der Waals surface area contributed by atoms with Gasteiger partial charge < -0.3 is 10.6 Å². The average Bonchev–Trinajstić information content (AvgIpc) is 3.40. The molecule has 0 saturated heterocycles. The Morgan fingerprint density at radius 2 is 1.62 bits per heavy atom. The smallest absolute Gasteiger partial charge is 0.251 e. The fraction of sp³-hybridized carbons (Fsp3) is 0.333. The summed E-state index contributed by atoms with van der Waals surface area (Å²) in [5.74, 6) is -0.0525. The Balaban J connectivity index is 1.46. The van der Waals surface area contributed by atoms with E-state index in [9.17, 15) is 9.59 Å². The van der Waals surface area contributed by atoms with E-state index >= 15 is 0 Å². The van der Waals surface area contributed by atoms with Crippen molar-refractivity contribution in [2.45, 2.75) is 43.6 Å². The molecule has 2 aliphatic carbocycles. The summed E-state index contributed by atoms with van der Waals surface area (Å²) >= 11 is 5.97. The van der Waals surface area contributed by atoms with E-state index in [0.29, 0.717) is 22.3 Å². The lowest BCUT2D eigenvalue weighted by Gasteiger charge is -2.40. The molecule has 2 N–H and O–H groups in total. The highest BCUT2D eigenvalue weighted by molar-refractivity contribution is 6.30. The lowest BCUT2D eigenvalue weighted by Crippen LogP contribution is -2.46. The van der Waals surface area contributed by atoms with Crippen LogP contribution in [0.2, 0.25) is 5.02 Å². The van der Waals surface area contributed by atoms with E-state index in [4.69, 9.17) is 11.6 Å². The summed E-state index contributed by atoms with van der Waals surface area (Å²) in [5, 5.41) is 6.65. The molecule has 0 unspecified atom stereocenters. The number of amides is 2. The fourth-order valence-electron chi connectivity index (χ4n) is 3.40. The van der Waals surface area contributed by atoms with Gasteiger partial charge in [-0.1, -0.05) is 30.2 Å². The maximum absolute atomic E-state index is 13.0. The lowest BCUT2D eigenvalue weighted by atomic mass is 9.64. The van der Waals surface area contributed by atoms with E-state index in [0.717, 1.165) is 37.7 Å². The molecule has 0 aromatic heterocycles. The van der Waals surface area contributed by atoms with Crippen molar-refractivity contribution in [2.24, 2.45) is 0 Å². The third-order valence-electron chi connectivity index (χ3n) is 5.36. The SMILES string of the molecule is O=C(NC1CC1)c1ccc(NC(=O)C2(c3ccc(Cl)cc3)CCC2)cc1. The second kappa shape index (κ2) is 6.76. The minimum Gasteiger partial charge on any atom is -0.349 e. The normalized spacial score (nSPS) is 17.9. The van der Waals surface area contributed by atoms with E-state index < -0.39 is 5.41 Å². The van der Waals surface area contributed by atoms with Crippen LogP contribution >= 0.6 is 11.6 Å². The van der Waals surface area contributed by atoms with Gasteiger partial charge in [0.1, 0.15) is 0 Å². The summed E-state index contributed by atoms with van der Waals surface area (Å²) in [5.41, 5.74) is 1.85. The quantitative estimate of drug-likeness (QED) is 0.827. The molecule has 0 heterocycles. The van der Waals surface area contributed by atoms with Crippen LogP contribution in [0, 0.1) is 0 Å². The number of carbonyl (C=O) groups is 2. The molecular weight excluding hydrogens is 348 g/mol. The van der Waals surface area contributed by atoms with Crippen LogP contribution in [0.3, 0.4) is 0 Å². The Morgan fingerprint density at radius 1 is 0.962 bits per heavy atom. The summed E-state index contributed by atoms with van der Waals surface area (Å²) in [6, 6.07) is 14.9. The van der Waals surface area contributed by atoms with Crippen LogP contribution in [0.15, 0.2) is 48.5 Å². The van der Waals surface area contributed by atoms with E-state index in [1.54, 1.807) is 24.3 Å². The summed E-state index contributed by atoms with van der Waals surface area (Å²) in [6.45, 7) is 0. The number of hydrogen-bond acceptors (Lipinski definition) is 2. The van der Waals surface area contributed by atoms with Gasteiger partial charge in [0.2, 0.25) is 5.91 Å². The number of carbonyl (C=O) groups excluding carboxylic acids is 2. The first-order valence-corrected chi connectivity index (χ1v) is 9.43. The summed E-state index contributed by atoms with van der Waals surface area (Å²) in [7, 11) is 0. The Bertz CT molecular complexity index is 822. The minimum absolute atomic E-state index is 0.00116. The van der Waals surface area contributed by atoms with E-state index in [1.165, 1.54) is 0 Å². The van der Waals surface area contributed by atoms with Crippen LogP contribution < -0.4 is 10.6 Å². The van der Waals surface area contributed by atoms with Crippen LogP contribution in [0.1, 0.15) is 48.0 Å². The van der Waals surface area contributed by atoms with Crippen molar-refractivity contribution >= 4 is 29.1 Å². The minimum atomic E-state index is -0.480. The predicted molar refractivity (Wildman–Crippen MR) is 103 cm³/mol. The number of hydrogen-bond donors (Lipinski definition) is 2. The third kappa shape index (κ3) is 3.34. The van der Waals surface area contributed by atoms with Gasteiger partial charge >= 0.3 is 0 Å². The topological polar surface area (TPSA) is 58.2 Å². The molecule has 0 atom stereocenters. The predicted octanol–water partition coefficient (Wildman–Crippen LogP) is 4.29. The van der Waals surface area contributed by atoms with Crippen molar-refractivity contribution < 1.29 is 9.59 Å². The fourth-order valence-corrected chi connectivity index (χ4v) is 3.52. The average molecular weight is 369 g/mol. The van der Waals surface area contributed by atoms with Gasteiger partial charge in [0.05, 0.1) is 5.41 Å². The highest BCUT2D eigenvalue weighted by Gasteiger charge is 2.45. The molecule has 0 spiro atoms. The van der Waals surface area contributed by atoms with Crippen molar-refractivity contribution in [3.8, 4) is 0 Å². The molecule has 2 aromatic carbocycles. The molecule has 0 radical (unpaired) electrons. The van der Waals surface area contributed by atoms with Gasteiger partial charge in [-0.2, -0.15) is 0 Å². The third-order valence-corrected chi connectivity index (χ3v) is 5.61. The van der Waals surface area contributed by atoms with Gasteiger partial charge in [0.25, 0.3) is 5.91 Å². The largest absolute Gasteiger partial charge is 0.349 e. The number of anilines is 1. The van der Waals surface area contributed by atoms with Gasteiger partial charge in [0.15, 0.2) is 0 Å². The molecule has 4 rings (SSSR count). The molecule has 2 fully saturated rings. The van der Waals surface area contributed by atoms with Gasteiger partial charge in [-0.15, -0.1) is 0 Å². The van der Waals surface area contributed by atoms with Crippen LogP contribution in [0.25, 0.3) is 0 Å². The Kier molecular flexibility index (Phi) is 4.45. The molecule has 2 saturated carbocycles. The van der Waals surface area contributed by atoms with Crippen LogP contribution in [0.4, 0.5) is 5.69 Å². The molecule has 5 heteroatoms. The van der Waals surface area contributed by atoms with Crippen molar-refractivity contribution in [1.82, 2.24) is 5.32 Å². The van der Waals surface area contributed by atoms with Crippen molar-refractivity contribution in [3.05, 3.63) is 64.7 Å². The zero-order valence-corrected chi connectivity index (χ0v) is 15.2. The molecule has 2 aliphatic rings. The highest BCUT2D eigenvalue weighted by Crippen LogP contribution is 2.44. The molecule has 0 aliphatic heterocycles. The van der Waals surface area contributed by atoms with E-state index in [2.05, 4.69) is 10.6 Å². The molecule has 2 aromatic rings. The number of benzene rings is 2. The molecule has 4 nitrogen and oxygen atoms in total. The first-order chi connectivity index (χ1) is 12.6. The van der Waals surface area contributed by atoms with Crippen LogP contribution in [-0.4, -0.2) is 17.9 Å². The molecule has 134 valence electrons. The van der Waals surface area contributed by atoms with E-state index in [1.807, 2.05) is 24.3 Å². The molecule has 0 bridgehead atoms. The van der Waals surface area contributed by atoms with Crippen LogP contribution in [-0.2, 0) is 10.2 Å². The monoisotopic (exact) mass is 368 g/mol. The second-order valence-electron chi connectivity index (χ2n) is 7.22. The van der Waals surface area contributed by atoms with E-state index in [-0.39, 0.29) is 11.8 Å². The van der Waals surface area contributed by atoms with Gasteiger partial charge in [-0.25, -0.2) is 0 Å². The lowest BCUT2D eigenvalue weighted by molar-refractivity contribution is -0.124. The van der Waals surface area contributed by atoms with Gasteiger partial charge in [-0.3, -0.25) is 9.59 Å². The van der Waals surface area contributed by atoms with Crippen molar-refractivity contribution in [1.29, 1.82) is 0 Å². The zero-order valence-electron chi connectivity index (χ0n) is 14.4. The highest BCUT2D eigenvalue weighted by atomic mass is 35.5. The van der Waals surface area contributed by atoms with Gasteiger partial charge in [0, 0.05) is 22.3 Å². The van der Waals surface area contributed by atoms with Gasteiger partial charge in [-0.05, 0) is 67.6 Å². The standard InChI is InChI=1S/C21H21ClN2O2/c22-16-6-4-15(5-7-16)21(12-1-13-21)20(26)24-18-8-2-14(3-9-18)19(25)23-17-10-11-17/h2-9,17H,1,10-13H2,(H,23,25)(H,24,26). The van der Waals surface area contributed by atoms with Crippen molar-refractivity contribution in [3.63, 3.8) is 0 Å². The maximum atomic E-state index is 13.0. The first-order valence-electron chi connectivity index (χ1n) is 9.05. The number of halogens is 1. The Labute approximate surface area is 157 Å².